The molecule has 0 saturated carbocycles. The highest BCUT2D eigenvalue weighted by Crippen LogP contribution is 2.20. The minimum Gasteiger partial charge on any atom is -0.610 e. The van der Waals surface area contributed by atoms with E-state index < -0.39 is 11.2 Å². The van der Waals surface area contributed by atoms with Crippen molar-refractivity contribution in [2.45, 2.75) is 18.7 Å². The van der Waals surface area contributed by atoms with Crippen molar-refractivity contribution >= 4 is 34.1 Å². The molecule has 0 amide bonds. The fraction of sp³-hybridized carbons (Fsp3) is 0.545. The Kier molecular flexibility index (Phi) is 4.98. The van der Waals surface area contributed by atoms with Gasteiger partial charge in [-0.15, -0.1) is 0 Å². The standard InChI is InChI=1S/C11H15ClN4O2S/c1-8-5-18-3-2-16(8)10-4-9(6-19(17)7-13)14-11(12)15-10/h4,7-8,13H,2-3,5-6H2,1H3/t8-,19?/m1/s1. The van der Waals surface area contributed by atoms with Crippen molar-refractivity contribution in [3.63, 3.8) is 0 Å². The third kappa shape index (κ3) is 3.79. The summed E-state index contributed by atoms with van der Waals surface area (Å²) in [4.78, 5) is 10.3. The van der Waals surface area contributed by atoms with Gasteiger partial charge in [0.1, 0.15) is 5.82 Å². The number of halogens is 1. The van der Waals surface area contributed by atoms with Crippen molar-refractivity contribution in [1.82, 2.24) is 9.97 Å². The molecule has 0 spiro atoms. The highest BCUT2D eigenvalue weighted by atomic mass is 35.5. The van der Waals surface area contributed by atoms with Crippen LogP contribution in [0.2, 0.25) is 5.28 Å². The minimum atomic E-state index is -1.36. The van der Waals surface area contributed by atoms with E-state index in [9.17, 15) is 4.55 Å². The van der Waals surface area contributed by atoms with Crippen LogP contribution >= 0.6 is 11.6 Å². The van der Waals surface area contributed by atoms with Gasteiger partial charge in [-0.25, -0.2) is 9.97 Å². The number of ether oxygens (including phenoxy) is 1. The Morgan fingerprint density at radius 2 is 2.47 bits per heavy atom. The molecular formula is C11H15ClN4O2S. The molecule has 104 valence electrons. The molecule has 1 saturated heterocycles. The highest BCUT2D eigenvalue weighted by molar-refractivity contribution is 8.03. The van der Waals surface area contributed by atoms with Crippen LogP contribution in [0.3, 0.4) is 0 Å². The maximum absolute atomic E-state index is 11.4. The van der Waals surface area contributed by atoms with E-state index in [0.29, 0.717) is 24.7 Å². The van der Waals surface area contributed by atoms with E-state index in [1.807, 2.05) is 6.92 Å². The van der Waals surface area contributed by atoms with E-state index >= 15 is 0 Å². The van der Waals surface area contributed by atoms with E-state index in [0.717, 1.165) is 12.1 Å². The number of morpholine rings is 1. The van der Waals surface area contributed by atoms with E-state index in [1.165, 1.54) is 0 Å². The Labute approximate surface area is 119 Å². The summed E-state index contributed by atoms with van der Waals surface area (Å²) < 4.78 is 16.8. The number of hydrogen-bond acceptors (Lipinski definition) is 6. The van der Waals surface area contributed by atoms with Crippen LogP contribution in [0, 0.1) is 5.41 Å². The molecule has 1 aromatic heterocycles. The minimum absolute atomic E-state index is 0.133. The third-order valence-corrected chi connectivity index (χ3v) is 3.83. The lowest BCUT2D eigenvalue weighted by Crippen LogP contribution is -2.44. The first-order valence-electron chi connectivity index (χ1n) is 5.86. The lowest BCUT2D eigenvalue weighted by atomic mass is 10.2. The van der Waals surface area contributed by atoms with Crippen molar-refractivity contribution in [2.24, 2.45) is 0 Å². The Balaban J connectivity index is 2.22. The van der Waals surface area contributed by atoms with Crippen molar-refractivity contribution in [3.8, 4) is 0 Å². The largest absolute Gasteiger partial charge is 0.610 e. The zero-order valence-corrected chi connectivity index (χ0v) is 12.1. The SMILES string of the molecule is C[C@@H]1COCCN1c1cc(C[S+]([O-])C=N)nc(Cl)n1. The molecule has 0 bridgehead atoms. The first kappa shape index (κ1) is 14.5. The van der Waals surface area contributed by atoms with E-state index in [-0.39, 0.29) is 17.1 Å². The fourth-order valence-electron chi connectivity index (χ4n) is 1.93. The Bertz CT molecular complexity index is 462. The number of rotatable bonds is 4. The first-order chi connectivity index (χ1) is 9.10. The number of hydrogen-bond donors (Lipinski definition) is 1. The first-order valence-corrected chi connectivity index (χ1v) is 7.62. The monoisotopic (exact) mass is 302 g/mol. The second-order valence-corrected chi connectivity index (χ2v) is 5.87. The maximum atomic E-state index is 11.4. The molecule has 0 radical (unpaired) electrons. The van der Waals surface area contributed by atoms with Gasteiger partial charge >= 0.3 is 0 Å². The predicted octanol–water partition coefficient (Wildman–Crippen LogP) is 1.21. The molecule has 19 heavy (non-hydrogen) atoms. The quantitative estimate of drug-likeness (QED) is 0.391. The molecule has 1 aliphatic rings. The molecule has 1 N–H and O–H groups in total. The lowest BCUT2D eigenvalue weighted by molar-refractivity contribution is 0.0985. The van der Waals surface area contributed by atoms with E-state index in [2.05, 4.69) is 14.9 Å². The molecule has 0 aliphatic carbocycles. The zero-order chi connectivity index (χ0) is 13.8. The van der Waals surface area contributed by atoms with Crippen molar-refractivity contribution in [3.05, 3.63) is 17.0 Å². The number of anilines is 1. The van der Waals surface area contributed by atoms with Crippen molar-refractivity contribution < 1.29 is 9.29 Å². The summed E-state index contributed by atoms with van der Waals surface area (Å²) in [6.07, 6.45) is 0. The van der Waals surface area contributed by atoms with Gasteiger partial charge in [0, 0.05) is 23.8 Å². The van der Waals surface area contributed by atoms with Crippen LogP contribution in [-0.4, -0.2) is 45.9 Å². The average molecular weight is 303 g/mol. The fourth-order valence-corrected chi connectivity index (χ4v) is 2.65. The molecule has 1 aromatic rings. The van der Waals surface area contributed by atoms with Crippen LogP contribution in [0.1, 0.15) is 12.6 Å². The van der Waals surface area contributed by atoms with Crippen LogP contribution in [0.5, 0.6) is 0 Å². The molecule has 6 nitrogen and oxygen atoms in total. The topological polar surface area (TPSA) is 85.2 Å². The van der Waals surface area contributed by atoms with Crippen LogP contribution in [0.15, 0.2) is 6.07 Å². The molecule has 1 unspecified atom stereocenters. The summed E-state index contributed by atoms with van der Waals surface area (Å²) in [6, 6.07) is 1.98. The van der Waals surface area contributed by atoms with Gasteiger partial charge in [-0.3, -0.25) is 5.41 Å². The van der Waals surface area contributed by atoms with Crippen LogP contribution < -0.4 is 4.90 Å². The molecule has 2 atom stereocenters. The van der Waals surface area contributed by atoms with E-state index in [4.69, 9.17) is 21.7 Å². The van der Waals surface area contributed by atoms with Crippen molar-refractivity contribution in [1.29, 1.82) is 5.41 Å². The van der Waals surface area contributed by atoms with Gasteiger partial charge in [0.15, 0.2) is 5.75 Å². The summed E-state index contributed by atoms with van der Waals surface area (Å²) in [5.41, 5.74) is 1.48. The second kappa shape index (κ2) is 6.51. The van der Waals surface area contributed by atoms with Crippen LogP contribution in [0.25, 0.3) is 0 Å². The smallest absolute Gasteiger partial charge is 0.224 e. The van der Waals surface area contributed by atoms with Crippen LogP contribution in [0.4, 0.5) is 5.82 Å². The maximum Gasteiger partial charge on any atom is 0.224 e. The number of nitrogens with zero attached hydrogens (tertiary/aromatic N) is 3. The molecule has 2 heterocycles. The Morgan fingerprint density at radius 1 is 1.68 bits per heavy atom. The molecule has 1 fully saturated rings. The third-order valence-electron chi connectivity index (χ3n) is 2.82. The summed E-state index contributed by atoms with van der Waals surface area (Å²) in [7, 11) is 0. The van der Waals surface area contributed by atoms with Gasteiger partial charge in [0.2, 0.25) is 10.8 Å². The summed E-state index contributed by atoms with van der Waals surface area (Å²) >= 11 is 4.55. The molecule has 8 heteroatoms. The summed E-state index contributed by atoms with van der Waals surface area (Å²) in [5, 5.41) is 7.10. The normalized spacial score (nSPS) is 21.2. The van der Waals surface area contributed by atoms with Gasteiger partial charge in [0.25, 0.3) is 0 Å². The number of nitrogens with one attached hydrogen (secondary N) is 1. The van der Waals surface area contributed by atoms with Gasteiger partial charge < -0.3 is 14.2 Å². The predicted molar refractivity (Wildman–Crippen MR) is 75.3 cm³/mol. The summed E-state index contributed by atoms with van der Waals surface area (Å²) in [5.74, 6) is 0.894. The van der Waals surface area contributed by atoms with E-state index in [1.54, 1.807) is 6.07 Å². The lowest BCUT2D eigenvalue weighted by Gasteiger charge is -2.34. The molecule has 2 rings (SSSR count). The van der Waals surface area contributed by atoms with Crippen molar-refractivity contribution in [2.75, 3.05) is 24.7 Å². The van der Waals surface area contributed by atoms with Gasteiger partial charge in [-0.1, -0.05) is 0 Å². The van der Waals surface area contributed by atoms with Gasteiger partial charge in [-0.2, -0.15) is 0 Å². The van der Waals surface area contributed by atoms with Gasteiger partial charge in [0.05, 0.1) is 24.9 Å². The Hall–Kier alpha value is -0.890. The highest BCUT2D eigenvalue weighted by Gasteiger charge is 2.22. The van der Waals surface area contributed by atoms with Crippen LogP contribution in [-0.2, 0) is 21.7 Å². The zero-order valence-electron chi connectivity index (χ0n) is 10.5. The summed E-state index contributed by atoms with van der Waals surface area (Å²) in [6.45, 7) is 4.07. The molecule has 1 aliphatic heterocycles. The Morgan fingerprint density at radius 3 is 3.16 bits per heavy atom. The average Bonchev–Trinajstić information content (AvgIpc) is 2.38. The number of aromatic nitrogens is 2. The molecular weight excluding hydrogens is 288 g/mol. The second-order valence-electron chi connectivity index (χ2n) is 4.25. The van der Waals surface area contributed by atoms with Gasteiger partial charge in [-0.05, 0) is 18.5 Å². The molecule has 0 aromatic carbocycles.